The van der Waals surface area contributed by atoms with E-state index in [2.05, 4.69) is 26.6 Å². The van der Waals surface area contributed by atoms with Gasteiger partial charge in [0, 0.05) is 35.9 Å². The van der Waals surface area contributed by atoms with Gasteiger partial charge in [0.15, 0.2) is 0 Å². The lowest BCUT2D eigenvalue weighted by atomic mass is 10.1. The number of benzene rings is 2. The first kappa shape index (κ1) is 24.8. The van der Waals surface area contributed by atoms with Gasteiger partial charge in [0.05, 0.1) is 17.7 Å². The van der Waals surface area contributed by atoms with Gasteiger partial charge in [-0.1, -0.05) is 6.42 Å². The second-order valence-corrected chi connectivity index (χ2v) is 9.84. The van der Waals surface area contributed by atoms with Crippen LogP contribution in [0, 0.1) is 18.3 Å². The van der Waals surface area contributed by atoms with Crippen LogP contribution >= 0.6 is 0 Å². The SMILES string of the molecule is Cc1cc(Oc2ccnc3cc(OCCCN4CCCCC4)c(C#N)cc23)ccc1NC(=O)NC1CC1. The fourth-order valence-electron chi connectivity index (χ4n) is 4.64. The van der Waals surface area contributed by atoms with Crippen molar-refractivity contribution in [3.05, 3.63) is 53.7 Å². The number of pyridine rings is 1. The van der Waals surface area contributed by atoms with Crippen molar-refractivity contribution < 1.29 is 14.3 Å². The summed E-state index contributed by atoms with van der Waals surface area (Å²) in [5.41, 5.74) is 2.79. The summed E-state index contributed by atoms with van der Waals surface area (Å²) in [6.07, 6.45) is 8.57. The largest absolute Gasteiger partial charge is 0.492 e. The molecule has 2 heterocycles. The quantitative estimate of drug-likeness (QED) is 0.364. The number of aromatic nitrogens is 1. The van der Waals surface area contributed by atoms with Gasteiger partial charge in [-0.3, -0.25) is 4.98 Å². The molecule has 8 nitrogen and oxygen atoms in total. The van der Waals surface area contributed by atoms with Gasteiger partial charge in [-0.2, -0.15) is 5.26 Å². The third-order valence-electron chi connectivity index (χ3n) is 6.83. The number of nitrogens with zero attached hydrogens (tertiary/aromatic N) is 3. The van der Waals surface area contributed by atoms with Gasteiger partial charge in [-0.15, -0.1) is 0 Å². The number of amides is 2. The highest BCUT2D eigenvalue weighted by molar-refractivity contribution is 5.91. The van der Waals surface area contributed by atoms with Gasteiger partial charge in [-0.25, -0.2) is 4.79 Å². The molecule has 37 heavy (non-hydrogen) atoms. The summed E-state index contributed by atoms with van der Waals surface area (Å²) < 4.78 is 12.2. The molecule has 0 bridgehead atoms. The van der Waals surface area contributed by atoms with E-state index < -0.39 is 0 Å². The van der Waals surface area contributed by atoms with Crippen LogP contribution in [0.2, 0.25) is 0 Å². The van der Waals surface area contributed by atoms with Crippen LogP contribution in [-0.2, 0) is 0 Å². The van der Waals surface area contributed by atoms with Gasteiger partial charge in [0.1, 0.15) is 23.3 Å². The summed E-state index contributed by atoms with van der Waals surface area (Å²) in [5.74, 6) is 1.79. The predicted octanol–water partition coefficient (Wildman–Crippen LogP) is 5.75. The molecule has 0 spiro atoms. The first-order valence-corrected chi connectivity index (χ1v) is 13.1. The molecule has 192 valence electrons. The monoisotopic (exact) mass is 499 g/mol. The molecule has 1 aromatic heterocycles. The zero-order valence-electron chi connectivity index (χ0n) is 21.3. The fraction of sp³-hybridized carbons (Fsp3) is 0.414. The number of nitrogens with one attached hydrogen (secondary N) is 2. The Morgan fingerprint density at radius 1 is 1.14 bits per heavy atom. The molecule has 3 aromatic rings. The van der Waals surface area contributed by atoms with Crippen LogP contribution in [0.4, 0.5) is 10.5 Å². The second kappa shape index (κ2) is 11.5. The van der Waals surface area contributed by atoms with Gasteiger partial charge in [0.2, 0.25) is 0 Å². The smallest absolute Gasteiger partial charge is 0.319 e. The average Bonchev–Trinajstić information content (AvgIpc) is 3.72. The zero-order valence-corrected chi connectivity index (χ0v) is 21.3. The number of urea groups is 1. The van der Waals surface area contributed by atoms with Crippen LogP contribution in [0.25, 0.3) is 10.9 Å². The number of likely N-dealkylation sites (tertiary alicyclic amines) is 1. The van der Waals surface area contributed by atoms with E-state index >= 15 is 0 Å². The van der Waals surface area contributed by atoms with E-state index in [-0.39, 0.29) is 6.03 Å². The first-order chi connectivity index (χ1) is 18.1. The highest BCUT2D eigenvalue weighted by Gasteiger charge is 2.23. The maximum atomic E-state index is 12.1. The molecule has 0 radical (unpaired) electrons. The summed E-state index contributed by atoms with van der Waals surface area (Å²) in [6, 6.07) is 13.3. The van der Waals surface area contributed by atoms with Crippen molar-refractivity contribution in [2.24, 2.45) is 0 Å². The number of aryl methyl sites for hydroxylation is 1. The van der Waals surface area contributed by atoms with E-state index in [0.29, 0.717) is 41.0 Å². The number of hydrogen-bond donors (Lipinski definition) is 2. The maximum absolute atomic E-state index is 12.1. The number of carbonyl (C=O) groups excluding carboxylic acids is 1. The average molecular weight is 500 g/mol. The predicted molar refractivity (Wildman–Crippen MR) is 143 cm³/mol. The minimum absolute atomic E-state index is 0.187. The summed E-state index contributed by atoms with van der Waals surface area (Å²) in [4.78, 5) is 19.0. The van der Waals surface area contributed by atoms with Crippen molar-refractivity contribution >= 4 is 22.6 Å². The lowest BCUT2D eigenvalue weighted by molar-refractivity contribution is 0.205. The molecular formula is C29H33N5O3. The van der Waals surface area contributed by atoms with Crippen molar-refractivity contribution in [3.63, 3.8) is 0 Å². The Morgan fingerprint density at radius 3 is 2.73 bits per heavy atom. The Balaban J connectivity index is 1.26. The number of anilines is 1. The van der Waals surface area contributed by atoms with Crippen LogP contribution < -0.4 is 20.1 Å². The van der Waals surface area contributed by atoms with Crippen molar-refractivity contribution in [2.75, 3.05) is 31.6 Å². The summed E-state index contributed by atoms with van der Waals surface area (Å²) in [5, 5.41) is 16.3. The molecule has 2 fully saturated rings. The number of piperidine rings is 1. The third-order valence-corrected chi connectivity index (χ3v) is 6.83. The van der Waals surface area contributed by atoms with Gasteiger partial charge >= 0.3 is 6.03 Å². The summed E-state index contributed by atoms with van der Waals surface area (Å²) >= 11 is 0. The molecule has 2 aromatic carbocycles. The van der Waals surface area contributed by atoms with Crippen LogP contribution in [0.1, 0.15) is 49.7 Å². The number of fused-ring (bicyclic) bond motifs is 1. The van der Waals surface area contributed by atoms with Crippen LogP contribution in [0.5, 0.6) is 17.2 Å². The van der Waals surface area contributed by atoms with Gasteiger partial charge in [0.25, 0.3) is 0 Å². The normalized spacial score (nSPS) is 15.7. The minimum atomic E-state index is -0.187. The zero-order chi connectivity index (χ0) is 25.6. The van der Waals surface area contributed by atoms with E-state index in [4.69, 9.17) is 9.47 Å². The van der Waals surface area contributed by atoms with Crippen molar-refractivity contribution in [1.82, 2.24) is 15.2 Å². The molecule has 0 unspecified atom stereocenters. The fourth-order valence-corrected chi connectivity index (χ4v) is 4.64. The number of rotatable bonds is 9. The highest BCUT2D eigenvalue weighted by atomic mass is 16.5. The minimum Gasteiger partial charge on any atom is -0.492 e. The van der Waals surface area contributed by atoms with Crippen molar-refractivity contribution in [3.8, 4) is 23.3 Å². The number of nitriles is 1. The van der Waals surface area contributed by atoms with E-state index in [1.807, 2.05) is 31.2 Å². The van der Waals surface area contributed by atoms with Crippen LogP contribution in [-0.4, -0.2) is 48.2 Å². The molecule has 1 aliphatic carbocycles. The molecule has 2 aliphatic rings. The molecule has 5 rings (SSSR count). The van der Waals surface area contributed by atoms with Gasteiger partial charge < -0.3 is 25.0 Å². The number of hydrogen-bond acceptors (Lipinski definition) is 6. The molecule has 1 saturated carbocycles. The maximum Gasteiger partial charge on any atom is 0.319 e. The third kappa shape index (κ3) is 6.49. The second-order valence-electron chi connectivity index (χ2n) is 9.84. The van der Waals surface area contributed by atoms with E-state index in [9.17, 15) is 10.1 Å². The van der Waals surface area contributed by atoms with Crippen LogP contribution in [0.15, 0.2) is 42.6 Å². The summed E-state index contributed by atoms with van der Waals surface area (Å²) in [7, 11) is 0. The Hall–Kier alpha value is -3.83. The molecular weight excluding hydrogens is 466 g/mol. The topological polar surface area (TPSA) is 99.5 Å². The van der Waals surface area contributed by atoms with Crippen molar-refractivity contribution in [1.29, 1.82) is 5.26 Å². The van der Waals surface area contributed by atoms with Gasteiger partial charge in [-0.05, 0) is 88.0 Å². The number of carbonyl (C=O) groups is 1. The van der Waals surface area contributed by atoms with E-state index in [1.165, 1.54) is 32.4 Å². The lowest BCUT2D eigenvalue weighted by Gasteiger charge is -2.26. The molecule has 1 saturated heterocycles. The summed E-state index contributed by atoms with van der Waals surface area (Å²) in [6.45, 7) is 5.84. The number of ether oxygens (including phenoxy) is 2. The highest BCUT2D eigenvalue weighted by Crippen LogP contribution is 2.34. The Kier molecular flexibility index (Phi) is 7.71. The first-order valence-electron chi connectivity index (χ1n) is 13.1. The molecule has 2 N–H and O–H groups in total. The molecule has 1 aliphatic heterocycles. The van der Waals surface area contributed by atoms with E-state index in [0.717, 1.165) is 42.4 Å². The molecule has 2 amide bonds. The van der Waals surface area contributed by atoms with Crippen molar-refractivity contribution in [2.45, 2.75) is 51.5 Å². The Morgan fingerprint density at radius 2 is 1.97 bits per heavy atom. The lowest BCUT2D eigenvalue weighted by Crippen LogP contribution is -2.31. The van der Waals surface area contributed by atoms with E-state index in [1.54, 1.807) is 18.3 Å². The Labute approximate surface area is 217 Å². The standard InChI is InChI=1S/C29H33N5O3/c1-20-16-23(8-9-25(20)33-29(35)32-22-6-7-22)37-27-10-11-31-26-18-28(21(19-30)17-24(26)27)36-15-5-14-34-12-3-2-4-13-34/h8-11,16-18,22H,2-7,12-15H2,1H3,(H2,32,33,35). The van der Waals surface area contributed by atoms with Crippen LogP contribution in [0.3, 0.4) is 0 Å². The Bertz CT molecular complexity index is 1310. The molecule has 0 atom stereocenters. The molecule has 8 heteroatoms.